The van der Waals surface area contributed by atoms with Crippen LogP contribution in [0.2, 0.25) is 0 Å². The lowest BCUT2D eigenvalue weighted by atomic mass is 9.89. The molecule has 2 aromatic rings. The molecule has 1 aliphatic heterocycles. The zero-order valence-corrected chi connectivity index (χ0v) is 15.6. The number of aryl methyl sites for hydroxylation is 2. The zero-order chi connectivity index (χ0) is 18.1. The van der Waals surface area contributed by atoms with Crippen molar-refractivity contribution in [1.82, 2.24) is 15.1 Å². The average molecular weight is 353 g/mol. The summed E-state index contributed by atoms with van der Waals surface area (Å²) in [6.07, 6.45) is 4.96. The van der Waals surface area contributed by atoms with Crippen LogP contribution in [-0.4, -0.2) is 34.1 Å². The Hall–Kier alpha value is -2.17. The van der Waals surface area contributed by atoms with Gasteiger partial charge in [0.15, 0.2) is 0 Å². The van der Waals surface area contributed by atoms with Gasteiger partial charge < -0.3 is 9.32 Å². The third kappa shape index (κ3) is 3.81. The number of likely N-dealkylation sites (tertiary alicyclic amines) is 1. The number of rotatable bonds is 5. The van der Waals surface area contributed by atoms with Crippen LogP contribution >= 0.6 is 0 Å². The number of nitrogens with zero attached hydrogens (tertiary/aromatic N) is 3. The normalized spacial score (nSPS) is 19.5. The van der Waals surface area contributed by atoms with Crippen molar-refractivity contribution in [2.24, 2.45) is 5.92 Å². The molecule has 2 fully saturated rings. The number of aromatic nitrogens is 2. The Morgan fingerprint density at radius 3 is 2.38 bits per heavy atom. The van der Waals surface area contributed by atoms with Crippen LogP contribution in [0, 0.1) is 19.8 Å². The van der Waals surface area contributed by atoms with Crippen LogP contribution in [0.5, 0.6) is 0 Å². The maximum atomic E-state index is 12.9. The monoisotopic (exact) mass is 353 g/mol. The fourth-order valence-electron chi connectivity index (χ4n) is 4.04. The molecule has 2 aliphatic rings. The molecule has 1 atom stereocenters. The molecule has 1 amide bonds. The number of hydrogen-bond acceptors (Lipinski definition) is 4. The van der Waals surface area contributed by atoms with Gasteiger partial charge in [0.25, 0.3) is 0 Å². The molecule has 0 bridgehead atoms. The van der Waals surface area contributed by atoms with Gasteiger partial charge in [-0.1, -0.05) is 29.8 Å². The van der Waals surface area contributed by atoms with Gasteiger partial charge in [-0.25, -0.2) is 0 Å². The summed E-state index contributed by atoms with van der Waals surface area (Å²) in [7, 11) is 0. The van der Waals surface area contributed by atoms with Crippen molar-refractivity contribution in [3.05, 3.63) is 47.2 Å². The second kappa shape index (κ2) is 7.22. The van der Waals surface area contributed by atoms with Crippen LogP contribution in [0.15, 0.2) is 28.7 Å². The Balaban J connectivity index is 1.36. The van der Waals surface area contributed by atoms with Crippen molar-refractivity contribution in [3.63, 3.8) is 0 Å². The van der Waals surface area contributed by atoms with Gasteiger partial charge in [0.05, 0.1) is 0 Å². The quantitative estimate of drug-likeness (QED) is 0.816. The van der Waals surface area contributed by atoms with Gasteiger partial charge in [0.1, 0.15) is 0 Å². The van der Waals surface area contributed by atoms with E-state index in [1.54, 1.807) is 0 Å². The highest BCUT2D eigenvalue weighted by molar-refractivity contribution is 5.77. The van der Waals surface area contributed by atoms with Crippen LogP contribution in [0.1, 0.15) is 66.8 Å². The van der Waals surface area contributed by atoms with Crippen molar-refractivity contribution >= 4 is 5.91 Å². The van der Waals surface area contributed by atoms with Gasteiger partial charge in [0.2, 0.25) is 17.7 Å². The molecule has 0 spiro atoms. The second-order valence-corrected chi connectivity index (χ2v) is 7.87. The average Bonchev–Trinajstić information content (AvgIpc) is 3.41. The molecule has 5 heteroatoms. The Kier molecular flexibility index (Phi) is 4.79. The fraction of sp³-hybridized carbons (Fsp3) is 0.571. The van der Waals surface area contributed by atoms with E-state index in [4.69, 9.17) is 4.42 Å². The topological polar surface area (TPSA) is 59.2 Å². The van der Waals surface area contributed by atoms with Crippen molar-refractivity contribution < 1.29 is 9.21 Å². The van der Waals surface area contributed by atoms with Gasteiger partial charge in [-0.3, -0.25) is 4.79 Å². The number of hydrogen-bond donors (Lipinski definition) is 0. The van der Waals surface area contributed by atoms with E-state index in [0.717, 1.165) is 31.8 Å². The molecule has 26 heavy (non-hydrogen) atoms. The molecular formula is C21H27N3O2. The molecule has 1 aromatic heterocycles. The lowest BCUT2D eigenvalue weighted by Crippen LogP contribution is -2.38. The molecule has 2 heterocycles. The number of amides is 1. The Morgan fingerprint density at radius 1 is 1.12 bits per heavy atom. The molecule has 1 unspecified atom stereocenters. The van der Waals surface area contributed by atoms with Crippen LogP contribution in [0.25, 0.3) is 0 Å². The molecule has 5 nitrogen and oxygen atoms in total. The molecule has 4 rings (SSSR count). The predicted octanol–water partition coefficient (Wildman–Crippen LogP) is 3.98. The van der Waals surface area contributed by atoms with Crippen molar-refractivity contribution in [2.75, 3.05) is 13.1 Å². The van der Waals surface area contributed by atoms with E-state index in [9.17, 15) is 4.79 Å². The summed E-state index contributed by atoms with van der Waals surface area (Å²) in [6, 6.07) is 8.73. The van der Waals surface area contributed by atoms with Crippen LogP contribution < -0.4 is 0 Å². The standard InChI is InChI=1S/C21H27N3O2/c1-14-3-5-16(6-4-14)19(17-7-8-17)13-20(25)24-11-9-18(10-12-24)21-23-22-15(2)26-21/h3-6,17-19H,7-13H2,1-2H3. The molecule has 1 aliphatic carbocycles. The first kappa shape index (κ1) is 17.3. The Labute approximate surface area is 154 Å². The molecule has 1 aromatic carbocycles. The molecule has 0 N–H and O–H groups in total. The maximum Gasteiger partial charge on any atom is 0.223 e. The Bertz CT molecular complexity index is 756. The van der Waals surface area contributed by atoms with Crippen LogP contribution in [-0.2, 0) is 4.79 Å². The SMILES string of the molecule is Cc1ccc(C(CC(=O)N2CCC(c3nnc(C)o3)CC2)C2CC2)cc1. The summed E-state index contributed by atoms with van der Waals surface area (Å²) in [4.78, 5) is 14.9. The minimum atomic E-state index is 0.288. The van der Waals surface area contributed by atoms with E-state index in [0.29, 0.717) is 30.1 Å². The Morgan fingerprint density at radius 2 is 1.81 bits per heavy atom. The van der Waals surface area contributed by atoms with E-state index in [1.165, 1.54) is 24.0 Å². The highest BCUT2D eigenvalue weighted by Gasteiger charge is 2.35. The van der Waals surface area contributed by atoms with Crippen molar-refractivity contribution in [3.8, 4) is 0 Å². The summed E-state index contributed by atoms with van der Waals surface area (Å²) in [5.41, 5.74) is 2.59. The summed E-state index contributed by atoms with van der Waals surface area (Å²) >= 11 is 0. The second-order valence-electron chi connectivity index (χ2n) is 7.87. The van der Waals surface area contributed by atoms with Gasteiger partial charge in [-0.05, 0) is 50.0 Å². The number of benzene rings is 1. The van der Waals surface area contributed by atoms with Crippen molar-refractivity contribution in [1.29, 1.82) is 0 Å². The first-order valence-corrected chi connectivity index (χ1v) is 9.74. The lowest BCUT2D eigenvalue weighted by Gasteiger charge is -2.31. The van der Waals surface area contributed by atoms with E-state index in [-0.39, 0.29) is 5.92 Å². The van der Waals surface area contributed by atoms with Gasteiger partial charge in [0, 0.05) is 32.4 Å². The van der Waals surface area contributed by atoms with Crippen LogP contribution in [0.3, 0.4) is 0 Å². The van der Waals surface area contributed by atoms with E-state index in [2.05, 4.69) is 41.4 Å². The summed E-state index contributed by atoms with van der Waals surface area (Å²) in [5, 5.41) is 8.07. The molecule has 1 saturated carbocycles. The largest absolute Gasteiger partial charge is 0.425 e. The number of carbonyl (C=O) groups excluding carboxylic acids is 1. The predicted molar refractivity (Wildman–Crippen MR) is 98.9 cm³/mol. The maximum absolute atomic E-state index is 12.9. The third-order valence-electron chi connectivity index (χ3n) is 5.83. The number of piperidine rings is 1. The minimum absolute atomic E-state index is 0.288. The molecule has 0 radical (unpaired) electrons. The highest BCUT2D eigenvalue weighted by atomic mass is 16.4. The van der Waals surface area contributed by atoms with Gasteiger partial charge >= 0.3 is 0 Å². The lowest BCUT2D eigenvalue weighted by molar-refractivity contribution is -0.132. The first-order chi connectivity index (χ1) is 12.6. The fourth-order valence-corrected chi connectivity index (χ4v) is 4.04. The number of carbonyl (C=O) groups is 1. The van der Waals surface area contributed by atoms with E-state index in [1.807, 2.05) is 11.8 Å². The summed E-state index contributed by atoms with van der Waals surface area (Å²) in [5.74, 6) is 2.98. The molecular weight excluding hydrogens is 326 g/mol. The molecule has 138 valence electrons. The van der Waals surface area contributed by atoms with Crippen molar-refractivity contribution in [2.45, 2.75) is 57.8 Å². The summed E-state index contributed by atoms with van der Waals surface area (Å²) in [6.45, 7) is 5.50. The smallest absolute Gasteiger partial charge is 0.223 e. The van der Waals surface area contributed by atoms with E-state index < -0.39 is 0 Å². The third-order valence-corrected chi connectivity index (χ3v) is 5.83. The zero-order valence-electron chi connectivity index (χ0n) is 15.6. The first-order valence-electron chi connectivity index (χ1n) is 9.74. The van der Waals surface area contributed by atoms with Crippen LogP contribution in [0.4, 0.5) is 0 Å². The minimum Gasteiger partial charge on any atom is -0.425 e. The van der Waals surface area contributed by atoms with E-state index >= 15 is 0 Å². The highest BCUT2D eigenvalue weighted by Crippen LogP contribution is 2.45. The van der Waals surface area contributed by atoms with Gasteiger partial charge in [-0.2, -0.15) is 0 Å². The van der Waals surface area contributed by atoms with Gasteiger partial charge in [-0.15, -0.1) is 10.2 Å². The molecule has 1 saturated heterocycles. The summed E-state index contributed by atoms with van der Waals surface area (Å²) < 4.78 is 5.56.